The van der Waals surface area contributed by atoms with E-state index in [0.29, 0.717) is 12.4 Å². The third-order valence-electron chi connectivity index (χ3n) is 1.97. The quantitative estimate of drug-likeness (QED) is 0.748. The molecule has 0 aromatic carbocycles. The summed E-state index contributed by atoms with van der Waals surface area (Å²) in [5.74, 6) is 1.40. The van der Waals surface area contributed by atoms with Gasteiger partial charge in [-0.1, -0.05) is 6.92 Å². The van der Waals surface area contributed by atoms with E-state index in [0.717, 1.165) is 12.2 Å². The first kappa shape index (κ1) is 11.1. The molecule has 80 valence electrons. The van der Waals surface area contributed by atoms with E-state index in [1.54, 1.807) is 0 Å². The fourth-order valence-corrected chi connectivity index (χ4v) is 1.23. The molecule has 0 saturated carbocycles. The van der Waals surface area contributed by atoms with Gasteiger partial charge < -0.3 is 10.5 Å². The lowest BCUT2D eigenvalue weighted by molar-refractivity contribution is 0.0537. The van der Waals surface area contributed by atoms with Crippen LogP contribution in [-0.4, -0.2) is 21.8 Å². The number of nitrogens with zero attached hydrogens (tertiary/aromatic N) is 2. The fourth-order valence-electron chi connectivity index (χ4n) is 1.23. The maximum absolute atomic E-state index is 5.66. The number of hydrogen-bond acceptors (Lipinski definition) is 4. The van der Waals surface area contributed by atoms with E-state index in [2.05, 4.69) is 15.2 Å². The highest BCUT2D eigenvalue weighted by molar-refractivity contribution is 4.97. The highest BCUT2D eigenvalue weighted by atomic mass is 16.5. The van der Waals surface area contributed by atoms with Gasteiger partial charge in [0, 0.05) is 6.61 Å². The Kier molecular flexibility index (Phi) is 4.03. The predicted molar refractivity (Wildman–Crippen MR) is 53.6 cm³/mol. The van der Waals surface area contributed by atoms with E-state index in [-0.39, 0.29) is 12.1 Å². The molecule has 5 nitrogen and oxygen atoms in total. The number of rotatable bonds is 5. The second-order valence-corrected chi connectivity index (χ2v) is 3.22. The van der Waals surface area contributed by atoms with E-state index in [1.807, 2.05) is 20.8 Å². The minimum Gasteiger partial charge on any atom is -0.371 e. The van der Waals surface area contributed by atoms with Crippen molar-refractivity contribution in [1.29, 1.82) is 0 Å². The minimum atomic E-state index is -0.140. The Morgan fingerprint density at radius 2 is 2.21 bits per heavy atom. The van der Waals surface area contributed by atoms with Crippen LogP contribution in [0.1, 0.15) is 51.0 Å². The van der Waals surface area contributed by atoms with Gasteiger partial charge in [0.05, 0.1) is 6.04 Å². The standard InChI is InChI=1S/C9H18N4O/c1-4-7(14-5-2)9-11-8(6(3)10)12-13-9/h6-7H,4-5,10H2,1-3H3,(H,11,12,13). The van der Waals surface area contributed by atoms with Crippen molar-refractivity contribution >= 4 is 0 Å². The lowest BCUT2D eigenvalue weighted by Crippen LogP contribution is -2.08. The van der Waals surface area contributed by atoms with Crippen molar-refractivity contribution in [2.75, 3.05) is 6.61 Å². The van der Waals surface area contributed by atoms with Crippen LogP contribution in [0.5, 0.6) is 0 Å². The lowest BCUT2D eigenvalue weighted by Gasteiger charge is -2.10. The molecule has 1 aromatic heterocycles. The molecule has 3 N–H and O–H groups in total. The third kappa shape index (κ3) is 2.52. The summed E-state index contributed by atoms with van der Waals surface area (Å²) >= 11 is 0. The number of nitrogens with two attached hydrogens (primary N) is 1. The predicted octanol–water partition coefficient (Wildman–Crippen LogP) is 1.31. The van der Waals surface area contributed by atoms with Crippen LogP contribution < -0.4 is 5.73 Å². The molecule has 0 aliphatic rings. The molecule has 2 unspecified atom stereocenters. The number of H-pyrrole nitrogens is 1. The Hall–Kier alpha value is -0.940. The molecule has 0 aliphatic carbocycles. The molecule has 1 rings (SSSR count). The van der Waals surface area contributed by atoms with Gasteiger partial charge in [-0.25, -0.2) is 4.98 Å². The zero-order chi connectivity index (χ0) is 10.6. The van der Waals surface area contributed by atoms with Crippen LogP contribution in [0.2, 0.25) is 0 Å². The van der Waals surface area contributed by atoms with Gasteiger partial charge in [-0.3, -0.25) is 5.10 Å². The molecule has 2 atom stereocenters. The molecule has 14 heavy (non-hydrogen) atoms. The van der Waals surface area contributed by atoms with E-state index in [4.69, 9.17) is 10.5 Å². The van der Waals surface area contributed by atoms with Crippen molar-refractivity contribution in [3.8, 4) is 0 Å². The molecular weight excluding hydrogens is 180 g/mol. The Morgan fingerprint density at radius 3 is 2.64 bits per heavy atom. The highest BCUT2D eigenvalue weighted by Gasteiger charge is 2.15. The van der Waals surface area contributed by atoms with Crippen LogP contribution in [0.4, 0.5) is 0 Å². The summed E-state index contributed by atoms with van der Waals surface area (Å²) in [6.45, 7) is 6.54. The van der Waals surface area contributed by atoms with Crippen LogP contribution in [0.25, 0.3) is 0 Å². The van der Waals surface area contributed by atoms with Gasteiger partial charge in [0.25, 0.3) is 0 Å². The van der Waals surface area contributed by atoms with Gasteiger partial charge in [0.1, 0.15) is 6.10 Å². The first-order valence-corrected chi connectivity index (χ1v) is 4.98. The molecule has 0 aliphatic heterocycles. The molecule has 1 heterocycles. The zero-order valence-electron chi connectivity index (χ0n) is 8.95. The van der Waals surface area contributed by atoms with Crippen LogP contribution >= 0.6 is 0 Å². The molecule has 1 aromatic rings. The number of aromatic amines is 1. The van der Waals surface area contributed by atoms with Crippen molar-refractivity contribution in [3.05, 3.63) is 11.6 Å². The summed E-state index contributed by atoms with van der Waals surface area (Å²) in [5.41, 5.74) is 5.66. The Labute approximate surface area is 84.1 Å². The van der Waals surface area contributed by atoms with Crippen LogP contribution in [0.15, 0.2) is 0 Å². The molecule has 0 spiro atoms. The number of ether oxygens (including phenoxy) is 1. The Morgan fingerprint density at radius 1 is 1.50 bits per heavy atom. The number of aromatic nitrogens is 3. The van der Waals surface area contributed by atoms with Crippen molar-refractivity contribution in [3.63, 3.8) is 0 Å². The molecule has 0 bridgehead atoms. The molecular formula is C9H18N4O. The summed E-state index contributed by atoms with van der Waals surface area (Å²) in [6.07, 6.45) is 0.876. The van der Waals surface area contributed by atoms with Crippen molar-refractivity contribution in [2.45, 2.75) is 39.3 Å². The summed E-state index contributed by atoms with van der Waals surface area (Å²) in [6, 6.07) is -0.140. The monoisotopic (exact) mass is 198 g/mol. The number of hydrogen-bond donors (Lipinski definition) is 2. The van der Waals surface area contributed by atoms with Crippen molar-refractivity contribution < 1.29 is 4.74 Å². The second-order valence-electron chi connectivity index (χ2n) is 3.22. The van der Waals surface area contributed by atoms with E-state index >= 15 is 0 Å². The highest BCUT2D eigenvalue weighted by Crippen LogP contribution is 2.17. The zero-order valence-corrected chi connectivity index (χ0v) is 8.95. The Balaban J connectivity index is 2.73. The minimum absolute atomic E-state index is 0.000000000000000666. The topological polar surface area (TPSA) is 76.8 Å². The van der Waals surface area contributed by atoms with E-state index in [9.17, 15) is 0 Å². The largest absolute Gasteiger partial charge is 0.371 e. The molecule has 0 saturated heterocycles. The summed E-state index contributed by atoms with van der Waals surface area (Å²) < 4.78 is 5.50. The van der Waals surface area contributed by atoms with Gasteiger partial charge in [0.15, 0.2) is 11.6 Å². The number of nitrogens with one attached hydrogen (secondary N) is 1. The average molecular weight is 198 g/mol. The fraction of sp³-hybridized carbons (Fsp3) is 0.778. The van der Waals surface area contributed by atoms with Gasteiger partial charge in [-0.2, -0.15) is 5.10 Å². The Bertz CT molecular complexity index is 272. The maximum atomic E-state index is 5.66. The smallest absolute Gasteiger partial charge is 0.167 e. The first-order chi connectivity index (χ1) is 6.69. The average Bonchev–Trinajstić information content (AvgIpc) is 2.63. The van der Waals surface area contributed by atoms with E-state index in [1.165, 1.54) is 0 Å². The van der Waals surface area contributed by atoms with Crippen molar-refractivity contribution in [2.24, 2.45) is 5.73 Å². The van der Waals surface area contributed by atoms with Gasteiger partial charge in [0.2, 0.25) is 0 Å². The van der Waals surface area contributed by atoms with Crippen LogP contribution in [0.3, 0.4) is 0 Å². The molecule has 0 radical (unpaired) electrons. The lowest BCUT2D eigenvalue weighted by atomic mass is 10.2. The summed E-state index contributed by atoms with van der Waals surface area (Å²) in [7, 11) is 0. The maximum Gasteiger partial charge on any atom is 0.167 e. The normalized spacial score (nSPS) is 15.4. The summed E-state index contributed by atoms with van der Waals surface area (Å²) in [5, 5.41) is 6.88. The van der Waals surface area contributed by atoms with Gasteiger partial charge in [-0.15, -0.1) is 0 Å². The van der Waals surface area contributed by atoms with Crippen LogP contribution in [-0.2, 0) is 4.74 Å². The SMILES string of the molecule is CCOC(CC)c1nc(C(C)N)n[nH]1. The second kappa shape index (κ2) is 5.07. The third-order valence-corrected chi connectivity index (χ3v) is 1.97. The van der Waals surface area contributed by atoms with E-state index < -0.39 is 0 Å². The first-order valence-electron chi connectivity index (χ1n) is 4.98. The molecule has 0 amide bonds. The molecule has 5 heteroatoms. The van der Waals surface area contributed by atoms with Crippen molar-refractivity contribution in [1.82, 2.24) is 15.2 Å². The van der Waals surface area contributed by atoms with Crippen LogP contribution in [0, 0.1) is 0 Å². The van der Waals surface area contributed by atoms with Gasteiger partial charge >= 0.3 is 0 Å². The molecule has 0 fully saturated rings. The summed E-state index contributed by atoms with van der Waals surface area (Å²) in [4.78, 5) is 4.28. The van der Waals surface area contributed by atoms with Gasteiger partial charge in [-0.05, 0) is 20.3 Å².